The molecule has 8 heterocycles. The molecule has 0 aromatic heterocycles. The van der Waals surface area contributed by atoms with Gasteiger partial charge in [-0.25, -0.2) is 0 Å². The largest absolute Gasteiger partial charge is 0.394 e. The lowest BCUT2D eigenvalue weighted by Crippen LogP contribution is -2.71. The Balaban J connectivity index is 1.10. The predicted octanol–water partition coefficient (Wildman–Crippen LogP) is -17.9. The van der Waals surface area contributed by atoms with Gasteiger partial charge in [0.2, 0.25) is 23.6 Å². The fraction of sp³-hybridized carbons (Fsp3) is 0.929. The van der Waals surface area contributed by atoms with Crippen LogP contribution in [-0.2, 0) is 90.2 Å². The zero-order chi connectivity index (χ0) is 74.5. The number of carbonyl (C=O) groups is 4. The van der Waals surface area contributed by atoms with E-state index in [0.29, 0.717) is 0 Å². The summed E-state index contributed by atoms with van der Waals surface area (Å²) >= 11 is 0. The Morgan fingerprint density at radius 2 is 0.554 bits per heavy atom. The van der Waals surface area contributed by atoms with Crippen molar-refractivity contribution in [2.75, 3.05) is 52.9 Å². The van der Waals surface area contributed by atoms with Crippen molar-refractivity contribution in [3.63, 3.8) is 0 Å². The first-order chi connectivity index (χ1) is 47.7. The second-order valence-electron chi connectivity index (χ2n) is 25.4. The third-order valence-corrected chi connectivity index (χ3v) is 18.2. The van der Waals surface area contributed by atoms with Crippen molar-refractivity contribution in [2.24, 2.45) is 0 Å². The standard InChI is InChI=1S/C56H94N4O41/c1-13(67)57-25-35(77)44(20(8-64)89-49(25)86)97-51-27(59-15(3)69)36(78)46(22(10-66)93-51)99-55-43(85)47(33(75)24(96-55)12-88-53-41(83)39(81)32(74)23(95-53)11-87-50-26(58-14(2)68)34(76)29(71)17(5-61)90-50)100-56-48(40(82)31(73)19(7-63)92-56)101-52-28(60-16(4)70)37(79)45(21(9-65)94-52)98-54-42(84)38(80)30(72)18(6-62)91-54/h17-56,61-66,71-86H,5-12H2,1-4H3,(H,57,67)(H,58,68)(H,59,69)(H,60,70)/t17-,18-,19-,20-,21-,22-,23-,24-,25-,26-,27-,28-,29-,30+,31-,32-,33-,34-,35-,36-,37-,38+,39+,40+,41+,42-,43+,44-,45-,46-,47+,48+,49+,50-,51+,52+,53+,54+,55+,56-/m1/s1. The highest BCUT2D eigenvalue weighted by Crippen LogP contribution is 2.39. The van der Waals surface area contributed by atoms with Crippen LogP contribution in [0.3, 0.4) is 0 Å². The summed E-state index contributed by atoms with van der Waals surface area (Å²) in [6, 6.07) is -6.92. The number of carbonyl (C=O) groups excluding carboxylic acids is 4. The summed E-state index contributed by atoms with van der Waals surface area (Å²) in [5.74, 6) is -3.35. The number of hydrogen-bond acceptors (Lipinski definition) is 41. The molecule has 0 aliphatic carbocycles. The van der Waals surface area contributed by atoms with E-state index >= 15 is 0 Å². The van der Waals surface area contributed by atoms with E-state index < -0.39 is 322 Å². The van der Waals surface area contributed by atoms with Crippen LogP contribution in [0.5, 0.6) is 0 Å². The van der Waals surface area contributed by atoms with Gasteiger partial charge in [0.05, 0.1) is 52.9 Å². The summed E-state index contributed by atoms with van der Waals surface area (Å²) in [5.41, 5.74) is 0. The van der Waals surface area contributed by atoms with Gasteiger partial charge in [0.15, 0.2) is 50.3 Å². The van der Waals surface area contributed by atoms with E-state index in [1.807, 2.05) is 0 Å². The lowest BCUT2D eigenvalue weighted by molar-refractivity contribution is -0.397. The molecular formula is C56H94N4O41. The van der Waals surface area contributed by atoms with Gasteiger partial charge in [-0.05, 0) is 0 Å². The number of amides is 4. The molecule has 0 saturated carbocycles. The van der Waals surface area contributed by atoms with E-state index in [1.165, 1.54) is 0 Å². The van der Waals surface area contributed by atoms with Crippen LogP contribution in [-0.4, -0.2) is 434 Å². The average molecular weight is 1480 g/mol. The zero-order valence-electron chi connectivity index (χ0n) is 54.3. The first-order valence-electron chi connectivity index (χ1n) is 32.1. The third kappa shape index (κ3) is 18.7. The van der Waals surface area contributed by atoms with Crippen molar-refractivity contribution in [1.82, 2.24) is 21.3 Å². The van der Waals surface area contributed by atoms with Crippen molar-refractivity contribution in [1.29, 1.82) is 0 Å². The maximum Gasteiger partial charge on any atom is 0.217 e. The Hall–Kier alpha value is -3.60. The van der Waals surface area contributed by atoms with Crippen LogP contribution in [0.4, 0.5) is 0 Å². The summed E-state index contributed by atoms with van der Waals surface area (Å²) in [6.45, 7) is -4.12. The second-order valence-corrected chi connectivity index (χ2v) is 25.4. The smallest absolute Gasteiger partial charge is 0.217 e. The fourth-order valence-electron chi connectivity index (χ4n) is 12.9. The minimum absolute atomic E-state index is 0.743. The van der Waals surface area contributed by atoms with Crippen molar-refractivity contribution in [3.8, 4) is 0 Å². The minimum Gasteiger partial charge on any atom is -0.394 e. The molecule has 8 saturated heterocycles. The van der Waals surface area contributed by atoms with Gasteiger partial charge in [0.25, 0.3) is 0 Å². The van der Waals surface area contributed by atoms with E-state index in [2.05, 4.69) is 21.3 Å². The maximum absolute atomic E-state index is 12.9. The van der Waals surface area contributed by atoms with Gasteiger partial charge in [-0.15, -0.1) is 0 Å². The van der Waals surface area contributed by atoms with Gasteiger partial charge >= 0.3 is 0 Å². The molecule has 0 radical (unpaired) electrons. The highest BCUT2D eigenvalue weighted by molar-refractivity contribution is 5.74. The summed E-state index contributed by atoms with van der Waals surface area (Å²) in [6.07, 6.45) is -72.6. The van der Waals surface area contributed by atoms with Gasteiger partial charge in [-0.1, -0.05) is 0 Å². The van der Waals surface area contributed by atoms with Crippen LogP contribution in [0.25, 0.3) is 0 Å². The third-order valence-electron chi connectivity index (χ3n) is 18.2. The summed E-state index contributed by atoms with van der Waals surface area (Å²) in [5, 5.41) is 252. The first kappa shape index (κ1) is 83.0. The molecule has 101 heavy (non-hydrogen) atoms. The zero-order valence-corrected chi connectivity index (χ0v) is 54.3. The van der Waals surface area contributed by atoms with E-state index in [-0.39, 0.29) is 0 Å². The van der Waals surface area contributed by atoms with Crippen LogP contribution in [0.15, 0.2) is 0 Å². The number of hydrogen-bond donors (Lipinski definition) is 26. The average Bonchev–Trinajstić information content (AvgIpc) is 0.771. The van der Waals surface area contributed by atoms with Crippen molar-refractivity contribution in [3.05, 3.63) is 0 Å². The highest BCUT2D eigenvalue weighted by Gasteiger charge is 2.60. The topological polar surface area (TPSA) is 700 Å². The van der Waals surface area contributed by atoms with Crippen LogP contribution < -0.4 is 21.3 Å². The molecule has 8 rings (SSSR count). The molecule has 8 aliphatic rings. The molecule has 0 unspecified atom stereocenters. The van der Waals surface area contributed by atoms with Crippen molar-refractivity contribution >= 4 is 23.6 Å². The molecule has 45 nitrogen and oxygen atoms in total. The van der Waals surface area contributed by atoms with E-state index in [9.17, 15) is 132 Å². The monoisotopic (exact) mass is 1480 g/mol. The van der Waals surface area contributed by atoms with Gasteiger partial charge in [0, 0.05) is 27.7 Å². The molecule has 26 N–H and O–H groups in total. The van der Waals surface area contributed by atoms with E-state index in [0.717, 1.165) is 27.7 Å². The normalized spacial score (nSPS) is 48.3. The van der Waals surface area contributed by atoms with Gasteiger partial charge in [-0.2, -0.15) is 0 Å². The molecule has 40 atom stereocenters. The minimum atomic E-state index is -2.50. The Morgan fingerprint density at radius 3 is 1.02 bits per heavy atom. The first-order valence-corrected chi connectivity index (χ1v) is 32.1. The molecule has 0 spiro atoms. The fourth-order valence-corrected chi connectivity index (χ4v) is 12.9. The molecule has 4 amide bonds. The van der Waals surface area contributed by atoms with Crippen LogP contribution in [0.1, 0.15) is 27.7 Å². The van der Waals surface area contributed by atoms with Crippen molar-refractivity contribution < 1.29 is 203 Å². The Kier molecular flexibility index (Phi) is 29.9. The quantitative estimate of drug-likeness (QED) is 0.0382. The molecule has 0 aromatic rings. The number of nitrogens with one attached hydrogen (secondary N) is 4. The molecule has 8 aliphatic heterocycles. The number of rotatable bonds is 26. The van der Waals surface area contributed by atoms with Crippen LogP contribution >= 0.6 is 0 Å². The predicted molar refractivity (Wildman–Crippen MR) is 311 cm³/mol. The molecular weight excluding hydrogens is 1380 g/mol. The van der Waals surface area contributed by atoms with Gasteiger partial charge in [0.1, 0.15) is 195 Å². The lowest BCUT2D eigenvalue weighted by atomic mass is 9.93. The molecule has 0 bridgehead atoms. The molecule has 0 aromatic carbocycles. The Labute approximate surface area is 572 Å². The van der Waals surface area contributed by atoms with E-state index in [1.54, 1.807) is 0 Å². The van der Waals surface area contributed by atoms with E-state index in [4.69, 9.17) is 71.1 Å². The lowest BCUT2D eigenvalue weighted by Gasteiger charge is -2.51. The number of aliphatic hydroxyl groups is 22. The molecule has 584 valence electrons. The summed E-state index contributed by atoms with van der Waals surface area (Å²) in [7, 11) is 0. The van der Waals surface area contributed by atoms with Gasteiger partial charge < -0.3 is 205 Å². The Bertz CT molecular complexity index is 2640. The number of aliphatic hydroxyl groups excluding tert-OH is 22. The second kappa shape index (κ2) is 36.3. The SMILES string of the molecule is CC(=O)N[C@@H]1[C@@H](O)[C@H](O[C@@H]2O[C@H](CO)[C@@H](O[C@@H]3O[C@H](CO[C@H]4O[C@H](CO[C@@H]5O[C@H](CO)[C@@H](O)[C@H](O)[C@H]5NC(C)=O)[C@@H](O)[C@H](O)[C@@H]4O)[C@@H](O)[C@H](O[C@H]4O[C@H](CO)[C@@H](O)[C@H](O)[C@@H]4O[C@@H]4O[C@H](CO)[C@@H](O[C@@H]5O[C@H](CO)[C@H](O)[C@H](O)[C@H]5O)[C@H](O)[C@H]4NC(C)=O)[C@@H]3O)[C@H](O)[C@H]2NC(C)=O)[C@@H](CO)O[C@@H]1O. The molecule has 8 fully saturated rings. The van der Waals surface area contributed by atoms with Gasteiger partial charge in [-0.3, -0.25) is 19.2 Å². The van der Waals surface area contributed by atoms with Crippen molar-refractivity contribution in [2.45, 2.75) is 273 Å². The molecule has 45 heteroatoms. The van der Waals surface area contributed by atoms with Crippen LogP contribution in [0, 0.1) is 0 Å². The highest BCUT2D eigenvalue weighted by atomic mass is 16.8. The maximum atomic E-state index is 12.9. The van der Waals surface area contributed by atoms with Crippen LogP contribution in [0.2, 0.25) is 0 Å². The summed E-state index contributed by atoms with van der Waals surface area (Å²) < 4.78 is 87.9. The Morgan fingerprint density at radius 1 is 0.257 bits per heavy atom. The number of ether oxygens (including phenoxy) is 15. The summed E-state index contributed by atoms with van der Waals surface area (Å²) in [4.78, 5) is 49.9.